The Labute approximate surface area is 155 Å². The van der Waals surface area contributed by atoms with E-state index in [2.05, 4.69) is 6.92 Å². The summed E-state index contributed by atoms with van der Waals surface area (Å²) >= 11 is 0. The van der Waals surface area contributed by atoms with E-state index in [4.69, 9.17) is 9.47 Å². The van der Waals surface area contributed by atoms with Gasteiger partial charge in [-0.1, -0.05) is 13.3 Å². The van der Waals surface area contributed by atoms with Crippen LogP contribution in [0.4, 0.5) is 0 Å². The van der Waals surface area contributed by atoms with Gasteiger partial charge in [0.1, 0.15) is 5.41 Å². The maximum atomic E-state index is 13.8. The van der Waals surface area contributed by atoms with Gasteiger partial charge < -0.3 is 9.47 Å². The van der Waals surface area contributed by atoms with Crippen molar-refractivity contribution in [2.24, 2.45) is 75.9 Å². The molecule has 9 fully saturated rings. The average molecular weight is 354 g/mol. The molecule has 9 bridgehead atoms. The van der Waals surface area contributed by atoms with Crippen molar-refractivity contribution in [3.63, 3.8) is 0 Å². The number of rotatable bonds is 2. The summed E-state index contributed by atoms with van der Waals surface area (Å²) in [5, 5.41) is 0. The average Bonchev–Trinajstić information content (AvgIpc) is 3.39. The Hall–Kier alpha value is -0.570. The maximum absolute atomic E-state index is 13.8. The Balaban J connectivity index is 1.54. The van der Waals surface area contributed by atoms with Gasteiger partial charge in [-0.15, -0.1) is 0 Å². The molecule has 0 aromatic heterocycles. The molecule has 0 radical (unpaired) electrons. The fourth-order valence-electron chi connectivity index (χ4n) is 13.5. The van der Waals surface area contributed by atoms with Gasteiger partial charge in [-0.3, -0.25) is 4.79 Å². The van der Waals surface area contributed by atoms with E-state index in [9.17, 15) is 4.79 Å². The largest absolute Gasteiger partial charge is 0.468 e. The van der Waals surface area contributed by atoms with E-state index < -0.39 is 0 Å². The van der Waals surface area contributed by atoms with Crippen molar-refractivity contribution in [2.75, 3.05) is 14.2 Å². The van der Waals surface area contributed by atoms with E-state index in [-0.39, 0.29) is 22.4 Å². The van der Waals surface area contributed by atoms with Crippen LogP contribution in [0.2, 0.25) is 0 Å². The van der Waals surface area contributed by atoms with Crippen molar-refractivity contribution in [3.8, 4) is 0 Å². The molecule has 0 aromatic carbocycles. The summed E-state index contributed by atoms with van der Waals surface area (Å²) in [6.45, 7) is 2.60. The molecule has 9 saturated carbocycles. The zero-order valence-electron chi connectivity index (χ0n) is 16.1. The third kappa shape index (κ3) is 0.855. The van der Waals surface area contributed by atoms with E-state index >= 15 is 0 Å². The van der Waals surface area contributed by atoms with Crippen LogP contribution in [-0.2, 0) is 14.3 Å². The number of ether oxygens (including phenoxy) is 2. The van der Waals surface area contributed by atoms with Crippen LogP contribution in [0.25, 0.3) is 0 Å². The highest BCUT2D eigenvalue weighted by molar-refractivity contribution is 5.83. The van der Waals surface area contributed by atoms with E-state index in [0.29, 0.717) is 17.8 Å². The van der Waals surface area contributed by atoms with Crippen molar-refractivity contribution in [2.45, 2.75) is 44.6 Å². The zero-order valence-corrected chi connectivity index (χ0v) is 16.1. The van der Waals surface area contributed by atoms with Gasteiger partial charge in [0.25, 0.3) is 0 Å². The highest BCUT2D eigenvalue weighted by atomic mass is 16.5. The number of carbonyl (C=O) groups excluding carboxylic acids is 1. The lowest BCUT2D eigenvalue weighted by Crippen LogP contribution is -2.73. The molecule has 9 rings (SSSR count). The highest BCUT2D eigenvalue weighted by Gasteiger charge is 3.01. The number of carbonyl (C=O) groups is 1. The molecular weight excluding hydrogens is 324 g/mol. The van der Waals surface area contributed by atoms with E-state index in [1.165, 1.54) is 32.1 Å². The molecular formula is C23H30O3. The first-order valence-electron chi connectivity index (χ1n) is 11.3. The number of esters is 1. The monoisotopic (exact) mass is 354 g/mol. The molecule has 0 N–H and O–H groups in total. The minimum atomic E-state index is -0.309. The first-order valence-corrected chi connectivity index (χ1v) is 11.3. The third-order valence-corrected chi connectivity index (χ3v) is 12.5. The maximum Gasteiger partial charge on any atom is 0.315 e. The van der Waals surface area contributed by atoms with Crippen molar-refractivity contribution in [1.82, 2.24) is 0 Å². The van der Waals surface area contributed by atoms with E-state index in [1.54, 1.807) is 7.11 Å². The van der Waals surface area contributed by atoms with Crippen molar-refractivity contribution < 1.29 is 14.3 Å². The summed E-state index contributed by atoms with van der Waals surface area (Å²) in [7, 11) is 3.62. The Morgan fingerprint density at radius 3 is 2.27 bits per heavy atom. The second-order valence-corrected chi connectivity index (χ2v) is 11.5. The molecule has 0 amide bonds. The number of fused-ring (bicyclic) bond motifs is 1. The minimum Gasteiger partial charge on any atom is -0.468 e. The predicted molar refractivity (Wildman–Crippen MR) is 93.8 cm³/mol. The summed E-state index contributed by atoms with van der Waals surface area (Å²) in [6.07, 6.45) is 6.82. The fraction of sp³-hybridized carbons (Fsp3) is 0.957. The summed E-state index contributed by atoms with van der Waals surface area (Å²) in [4.78, 5) is 13.8. The molecule has 140 valence electrons. The van der Waals surface area contributed by atoms with Gasteiger partial charge in [-0.25, -0.2) is 0 Å². The first-order chi connectivity index (χ1) is 12.6. The van der Waals surface area contributed by atoms with Gasteiger partial charge in [-0.05, 0) is 90.8 Å². The first kappa shape index (κ1) is 14.4. The summed E-state index contributed by atoms with van der Waals surface area (Å²) in [6, 6.07) is 0. The second kappa shape index (κ2) is 3.67. The molecule has 9 aliphatic carbocycles. The molecule has 0 saturated heterocycles. The predicted octanol–water partition coefficient (Wildman–Crippen LogP) is 3.37. The Bertz CT molecular complexity index is 777. The molecule has 9 aliphatic rings. The van der Waals surface area contributed by atoms with Crippen LogP contribution in [0, 0.1) is 75.9 Å². The van der Waals surface area contributed by atoms with Gasteiger partial charge >= 0.3 is 5.97 Å². The summed E-state index contributed by atoms with van der Waals surface area (Å²) < 4.78 is 12.5. The van der Waals surface area contributed by atoms with Crippen molar-refractivity contribution >= 4 is 5.97 Å². The molecule has 14 atom stereocenters. The van der Waals surface area contributed by atoms with Crippen LogP contribution in [0.5, 0.6) is 0 Å². The number of methoxy groups -OCH3 is 2. The summed E-state index contributed by atoms with van der Waals surface area (Å²) in [5.41, 5.74) is -0.300. The molecule has 3 heteroatoms. The Morgan fingerprint density at radius 2 is 1.54 bits per heavy atom. The molecule has 26 heavy (non-hydrogen) atoms. The fourth-order valence-corrected chi connectivity index (χ4v) is 13.5. The minimum absolute atomic E-state index is 0.134. The molecule has 3 nitrogen and oxygen atoms in total. The van der Waals surface area contributed by atoms with Crippen LogP contribution in [-0.4, -0.2) is 25.8 Å². The molecule has 0 aromatic rings. The zero-order chi connectivity index (χ0) is 17.4. The lowest BCUT2D eigenvalue weighted by atomic mass is 9.42. The van der Waals surface area contributed by atoms with Crippen molar-refractivity contribution in [3.05, 3.63) is 0 Å². The standard InChI is InChI=1S/C23H30O3/c1-21-16-9-5-4-6-10(9)17-14(16)15-18-11-7-8-12(13(11)19(15)21)23(21,26-3)22(17,18)20(24)25-2/h9-19H,4-8H2,1-3H3/t9-,10+,11+,12-,13+,14+,15+,16-,17-,18+,19+,21-,22-,23-/m0/s1. The van der Waals surface area contributed by atoms with Gasteiger partial charge in [0.2, 0.25) is 0 Å². The highest BCUT2D eigenvalue weighted by Crippen LogP contribution is 2.99. The molecule has 0 unspecified atom stereocenters. The Kier molecular flexibility index (Phi) is 2.04. The lowest BCUT2D eigenvalue weighted by molar-refractivity contribution is -0.273. The lowest BCUT2D eigenvalue weighted by Gasteiger charge is -2.64. The van der Waals surface area contributed by atoms with Crippen LogP contribution < -0.4 is 0 Å². The van der Waals surface area contributed by atoms with Crippen LogP contribution in [0.3, 0.4) is 0 Å². The van der Waals surface area contributed by atoms with Gasteiger partial charge in [0.05, 0.1) is 12.7 Å². The van der Waals surface area contributed by atoms with Gasteiger partial charge in [0, 0.05) is 12.5 Å². The smallest absolute Gasteiger partial charge is 0.315 e. The summed E-state index contributed by atoms with van der Waals surface area (Å²) in [5.74, 6) is 8.56. The topological polar surface area (TPSA) is 35.5 Å². The van der Waals surface area contributed by atoms with Crippen LogP contribution in [0.1, 0.15) is 39.0 Å². The quantitative estimate of drug-likeness (QED) is 0.713. The van der Waals surface area contributed by atoms with Gasteiger partial charge in [-0.2, -0.15) is 0 Å². The van der Waals surface area contributed by atoms with E-state index in [1.807, 2.05) is 7.11 Å². The molecule has 0 heterocycles. The van der Waals surface area contributed by atoms with E-state index in [0.717, 1.165) is 47.3 Å². The van der Waals surface area contributed by atoms with Crippen molar-refractivity contribution in [1.29, 1.82) is 0 Å². The molecule has 0 spiro atoms. The third-order valence-electron chi connectivity index (χ3n) is 12.5. The SMILES string of the molecule is COC(=O)[C@@]12[C@@H]3[C@@H]4CC[C@H]5[C@@H]4[C@@H]4[C@@H]3[C@@H]3[C@H]([C@H]6CCC[C@H]6[C@@H]31)[C@]4(C)[C@@]52OC. The van der Waals surface area contributed by atoms with Crippen LogP contribution >= 0.6 is 0 Å². The Morgan fingerprint density at radius 1 is 0.846 bits per heavy atom. The van der Waals surface area contributed by atoms with Crippen LogP contribution in [0.15, 0.2) is 0 Å². The number of hydrogen-bond acceptors (Lipinski definition) is 3. The van der Waals surface area contributed by atoms with Gasteiger partial charge in [0.15, 0.2) is 0 Å². The molecule has 0 aliphatic heterocycles. The number of hydrogen-bond donors (Lipinski definition) is 0. The normalized spacial score (nSPS) is 74.3. The second-order valence-electron chi connectivity index (χ2n) is 11.5.